The predicted octanol–water partition coefficient (Wildman–Crippen LogP) is 2.22. The summed E-state index contributed by atoms with van der Waals surface area (Å²) in [6.45, 7) is 6.00. The minimum Gasteiger partial charge on any atom is -0.493 e. The summed E-state index contributed by atoms with van der Waals surface area (Å²) in [5.74, 6) is 1.16. The molecule has 1 rings (SSSR count). The van der Waals surface area contributed by atoms with E-state index in [0.717, 1.165) is 5.56 Å². The number of likely N-dealkylation sites (N-methyl/N-ethyl adjacent to an activating group) is 1. The first-order valence-electron chi connectivity index (χ1n) is 7.14. The first-order chi connectivity index (χ1) is 9.90. The SMILES string of the molecule is CNC(C)c1ccc(OCC(=O)N(C)C(C)C)c(OC)c1. The van der Waals surface area contributed by atoms with Crippen molar-refractivity contribution >= 4 is 5.91 Å². The Morgan fingerprint density at radius 3 is 2.48 bits per heavy atom. The Bertz CT molecular complexity index is 475. The fourth-order valence-electron chi connectivity index (χ4n) is 1.77. The van der Waals surface area contributed by atoms with E-state index in [2.05, 4.69) is 12.2 Å². The molecule has 1 N–H and O–H groups in total. The molecule has 0 saturated carbocycles. The zero-order chi connectivity index (χ0) is 16.0. The van der Waals surface area contributed by atoms with Gasteiger partial charge in [0.1, 0.15) is 0 Å². The van der Waals surface area contributed by atoms with Crippen LogP contribution >= 0.6 is 0 Å². The first-order valence-corrected chi connectivity index (χ1v) is 7.14. The first kappa shape index (κ1) is 17.3. The van der Waals surface area contributed by atoms with Crippen molar-refractivity contribution in [3.63, 3.8) is 0 Å². The van der Waals surface area contributed by atoms with Crippen LogP contribution in [0.15, 0.2) is 18.2 Å². The second-order valence-electron chi connectivity index (χ2n) is 5.31. The molecular weight excluding hydrogens is 268 g/mol. The van der Waals surface area contributed by atoms with E-state index in [0.29, 0.717) is 11.5 Å². The largest absolute Gasteiger partial charge is 0.493 e. The van der Waals surface area contributed by atoms with E-state index in [1.165, 1.54) is 0 Å². The monoisotopic (exact) mass is 294 g/mol. The Labute approximate surface area is 127 Å². The third-order valence-electron chi connectivity index (χ3n) is 3.64. The molecule has 0 aromatic heterocycles. The van der Waals surface area contributed by atoms with Gasteiger partial charge in [-0.25, -0.2) is 0 Å². The van der Waals surface area contributed by atoms with Gasteiger partial charge >= 0.3 is 0 Å². The number of carbonyl (C=O) groups excluding carboxylic acids is 1. The van der Waals surface area contributed by atoms with Gasteiger partial charge in [-0.3, -0.25) is 4.79 Å². The fourth-order valence-corrected chi connectivity index (χ4v) is 1.77. The van der Waals surface area contributed by atoms with Gasteiger partial charge in [-0.2, -0.15) is 0 Å². The van der Waals surface area contributed by atoms with Gasteiger partial charge < -0.3 is 19.7 Å². The van der Waals surface area contributed by atoms with Crippen molar-refractivity contribution in [1.29, 1.82) is 0 Å². The molecule has 5 nitrogen and oxygen atoms in total. The second-order valence-corrected chi connectivity index (χ2v) is 5.31. The third kappa shape index (κ3) is 4.63. The van der Waals surface area contributed by atoms with Gasteiger partial charge in [-0.05, 0) is 45.5 Å². The summed E-state index contributed by atoms with van der Waals surface area (Å²) < 4.78 is 10.9. The second kappa shape index (κ2) is 7.88. The van der Waals surface area contributed by atoms with E-state index in [4.69, 9.17) is 9.47 Å². The molecule has 1 aromatic carbocycles. The average molecular weight is 294 g/mol. The van der Waals surface area contributed by atoms with E-state index in [1.54, 1.807) is 19.1 Å². The van der Waals surface area contributed by atoms with Gasteiger partial charge in [0.25, 0.3) is 5.91 Å². The molecule has 0 radical (unpaired) electrons. The molecule has 1 amide bonds. The Morgan fingerprint density at radius 1 is 1.29 bits per heavy atom. The van der Waals surface area contributed by atoms with Crippen LogP contribution in [0.5, 0.6) is 11.5 Å². The molecule has 0 aliphatic heterocycles. The molecule has 0 aliphatic rings. The lowest BCUT2D eigenvalue weighted by molar-refractivity contribution is -0.133. The van der Waals surface area contributed by atoms with Crippen LogP contribution in [0.25, 0.3) is 0 Å². The zero-order valence-electron chi connectivity index (χ0n) is 13.8. The Kier molecular flexibility index (Phi) is 6.49. The lowest BCUT2D eigenvalue weighted by Crippen LogP contribution is -2.36. The van der Waals surface area contributed by atoms with Gasteiger partial charge in [0.15, 0.2) is 18.1 Å². The normalized spacial score (nSPS) is 12.1. The molecule has 118 valence electrons. The van der Waals surface area contributed by atoms with E-state index in [1.807, 2.05) is 39.1 Å². The highest BCUT2D eigenvalue weighted by atomic mass is 16.5. The van der Waals surface area contributed by atoms with Crippen molar-refractivity contribution in [3.05, 3.63) is 23.8 Å². The molecule has 0 fully saturated rings. The summed E-state index contributed by atoms with van der Waals surface area (Å²) >= 11 is 0. The molecule has 0 aliphatic carbocycles. The van der Waals surface area contributed by atoms with Crippen LogP contribution in [-0.4, -0.2) is 44.7 Å². The molecule has 5 heteroatoms. The molecule has 0 saturated heterocycles. The maximum absolute atomic E-state index is 11.9. The van der Waals surface area contributed by atoms with Gasteiger partial charge in [-0.15, -0.1) is 0 Å². The summed E-state index contributed by atoms with van der Waals surface area (Å²) in [6.07, 6.45) is 0. The number of methoxy groups -OCH3 is 1. The Hall–Kier alpha value is -1.75. The molecule has 1 unspecified atom stereocenters. The summed E-state index contributed by atoms with van der Waals surface area (Å²) in [7, 11) is 5.27. The quantitative estimate of drug-likeness (QED) is 0.838. The lowest BCUT2D eigenvalue weighted by Gasteiger charge is -2.22. The van der Waals surface area contributed by atoms with Crippen LogP contribution in [0.4, 0.5) is 0 Å². The number of amides is 1. The maximum atomic E-state index is 11.9. The molecule has 0 bridgehead atoms. The number of carbonyl (C=O) groups is 1. The maximum Gasteiger partial charge on any atom is 0.260 e. The van der Waals surface area contributed by atoms with Gasteiger partial charge in [0.05, 0.1) is 7.11 Å². The van der Waals surface area contributed by atoms with Crippen LogP contribution < -0.4 is 14.8 Å². The highest BCUT2D eigenvalue weighted by Crippen LogP contribution is 2.30. The minimum atomic E-state index is -0.0558. The van der Waals surface area contributed by atoms with Crippen molar-refractivity contribution in [2.75, 3.05) is 27.8 Å². The van der Waals surface area contributed by atoms with Crippen LogP contribution in [-0.2, 0) is 4.79 Å². The number of nitrogens with one attached hydrogen (secondary N) is 1. The number of ether oxygens (including phenoxy) is 2. The van der Waals surface area contributed by atoms with E-state index in [-0.39, 0.29) is 24.6 Å². The number of hydrogen-bond donors (Lipinski definition) is 1. The molecule has 0 spiro atoms. The van der Waals surface area contributed by atoms with Crippen molar-refractivity contribution in [1.82, 2.24) is 10.2 Å². The van der Waals surface area contributed by atoms with Crippen LogP contribution in [0.2, 0.25) is 0 Å². The van der Waals surface area contributed by atoms with Crippen LogP contribution in [0.3, 0.4) is 0 Å². The van der Waals surface area contributed by atoms with Gasteiger partial charge in [0.2, 0.25) is 0 Å². The Morgan fingerprint density at radius 2 is 1.95 bits per heavy atom. The van der Waals surface area contributed by atoms with Gasteiger partial charge in [0, 0.05) is 19.1 Å². The summed E-state index contributed by atoms with van der Waals surface area (Å²) in [6, 6.07) is 6.11. The van der Waals surface area contributed by atoms with Crippen molar-refractivity contribution in [2.45, 2.75) is 32.9 Å². The number of hydrogen-bond acceptors (Lipinski definition) is 4. The molecule has 21 heavy (non-hydrogen) atoms. The van der Waals surface area contributed by atoms with Crippen molar-refractivity contribution in [2.24, 2.45) is 0 Å². The predicted molar refractivity (Wildman–Crippen MR) is 83.9 cm³/mol. The molecule has 1 aromatic rings. The number of rotatable bonds is 7. The van der Waals surface area contributed by atoms with Crippen molar-refractivity contribution in [3.8, 4) is 11.5 Å². The summed E-state index contributed by atoms with van der Waals surface area (Å²) in [5, 5.41) is 3.17. The average Bonchev–Trinajstić information content (AvgIpc) is 2.50. The van der Waals surface area contributed by atoms with Crippen molar-refractivity contribution < 1.29 is 14.3 Å². The lowest BCUT2D eigenvalue weighted by atomic mass is 10.1. The van der Waals surface area contributed by atoms with E-state index in [9.17, 15) is 4.79 Å². The van der Waals surface area contributed by atoms with E-state index < -0.39 is 0 Å². The highest BCUT2D eigenvalue weighted by Gasteiger charge is 2.15. The molecule has 1 atom stereocenters. The van der Waals surface area contributed by atoms with Crippen LogP contribution in [0.1, 0.15) is 32.4 Å². The van der Waals surface area contributed by atoms with Crippen LogP contribution in [0, 0.1) is 0 Å². The smallest absolute Gasteiger partial charge is 0.260 e. The minimum absolute atomic E-state index is 0.00592. The molecular formula is C16H26N2O3. The molecule has 0 heterocycles. The Balaban J connectivity index is 2.78. The van der Waals surface area contributed by atoms with Gasteiger partial charge in [-0.1, -0.05) is 6.07 Å². The standard InChI is InChI=1S/C16H26N2O3/c1-11(2)18(5)16(19)10-21-14-8-7-13(12(3)17-4)9-15(14)20-6/h7-9,11-12,17H,10H2,1-6H3. The fraction of sp³-hybridized carbons (Fsp3) is 0.562. The number of benzene rings is 1. The van der Waals surface area contributed by atoms with E-state index >= 15 is 0 Å². The topological polar surface area (TPSA) is 50.8 Å². The highest BCUT2D eigenvalue weighted by molar-refractivity contribution is 5.77. The summed E-state index contributed by atoms with van der Waals surface area (Å²) in [5.41, 5.74) is 1.10. The zero-order valence-corrected chi connectivity index (χ0v) is 13.8. The third-order valence-corrected chi connectivity index (χ3v) is 3.64. The summed E-state index contributed by atoms with van der Waals surface area (Å²) in [4.78, 5) is 13.6. The number of nitrogens with zero attached hydrogens (tertiary/aromatic N) is 1.